The van der Waals surface area contributed by atoms with Crippen LogP contribution in [-0.4, -0.2) is 75.4 Å². The van der Waals surface area contributed by atoms with Gasteiger partial charge in [-0.15, -0.1) is 0 Å². The largest absolute Gasteiger partial charge is 0.493 e. The van der Waals surface area contributed by atoms with Crippen molar-refractivity contribution in [1.29, 1.82) is 0 Å². The third-order valence-corrected chi connectivity index (χ3v) is 5.32. The fraction of sp³-hybridized carbons (Fsp3) is 0.591. The highest BCUT2D eigenvalue weighted by Crippen LogP contribution is 2.31. The summed E-state index contributed by atoms with van der Waals surface area (Å²) in [5.41, 5.74) is 0.272. The molecule has 1 aromatic rings. The van der Waals surface area contributed by atoms with Crippen LogP contribution in [0.5, 0.6) is 11.5 Å². The Bertz CT molecular complexity index is 773. The maximum atomic E-state index is 12.7. The van der Waals surface area contributed by atoms with Crippen molar-refractivity contribution >= 4 is 17.8 Å². The Hall–Kier alpha value is -2.81. The summed E-state index contributed by atoms with van der Waals surface area (Å²) >= 11 is 0. The number of methoxy groups -OCH3 is 3. The third-order valence-electron chi connectivity index (χ3n) is 5.32. The van der Waals surface area contributed by atoms with Gasteiger partial charge in [0.05, 0.1) is 27.8 Å². The van der Waals surface area contributed by atoms with Crippen LogP contribution in [0, 0.1) is 0 Å². The SMILES string of the molecule is COC(=O)CC(NC(=O)c1ccc(OC)c(OC2CCN(C(C)C)CC2)c1)C(=O)OC. The van der Waals surface area contributed by atoms with E-state index in [0.29, 0.717) is 17.5 Å². The second-order valence-corrected chi connectivity index (χ2v) is 7.64. The Morgan fingerprint density at radius 2 is 1.74 bits per heavy atom. The molecule has 1 unspecified atom stereocenters. The molecule has 1 amide bonds. The van der Waals surface area contributed by atoms with Crippen molar-refractivity contribution in [3.05, 3.63) is 23.8 Å². The second-order valence-electron chi connectivity index (χ2n) is 7.64. The van der Waals surface area contributed by atoms with E-state index >= 15 is 0 Å². The van der Waals surface area contributed by atoms with Gasteiger partial charge in [-0.2, -0.15) is 0 Å². The summed E-state index contributed by atoms with van der Waals surface area (Å²) < 4.78 is 20.8. The molecule has 1 N–H and O–H groups in total. The van der Waals surface area contributed by atoms with Gasteiger partial charge in [-0.05, 0) is 44.9 Å². The zero-order valence-electron chi connectivity index (χ0n) is 18.8. The zero-order valence-corrected chi connectivity index (χ0v) is 18.8. The number of piperidine rings is 1. The highest BCUT2D eigenvalue weighted by atomic mass is 16.5. The predicted octanol–water partition coefficient (Wildman–Crippen LogP) is 1.78. The van der Waals surface area contributed by atoms with E-state index in [1.807, 2.05) is 0 Å². The van der Waals surface area contributed by atoms with Gasteiger partial charge in [0.15, 0.2) is 11.5 Å². The van der Waals surface area contributed by atoms with Gasteiger partial charge in [0.1, 0.15) is 12.1 Å². The van der Waals surface area contributed by atoms with Crippen molar-refractivity contribution in [3.8, 4) is 11.5 Å². The summed E-state index contributed by atoms with van der Waals surface area (Å²) in [6, 6.07) is 4.12. The fourth-order valence-electron chi connectivity index (χ4n) is 3.43. The summed E-state index contributed by atoms with van der Waals surface area (Å²) in [5, 5.41) is 2.52. The van der Waals surface area contributed by atoms with Gasteiger partial charge >= 0.3 is 11.9 Å². The van der Waals surface area contributed by atoms with E-state index in [1.165, 1.54) is 21.3 Å². The van der Waals surface area contributed by atoms with Crippen LogP contribution < -0.4 is 14.8 Å². The van der Waals surface area contributed by atoms with E-state index in [4.69, 9.17) is 9.47 Å². The first kappa shape index (κ1) is 24.5. The van der Waals surface area contributed by atoms with Crippen LogP contribution in [0.25, 0.3) is 0 Å². The van der Waals surface area contributed by atoms with Crippen molar-refractivity contribution < 1.29 is 33.3 Å². The summed E-state index contributed by atoms with van der Waals surface area (Å²) in [6.07, 6.45) is 1.44. The van der Waals surface area contributed by atoms with Crippen LogP contribution in [0.2, 0.25) is 0 Å². The van der Waals surface area contributed by atoms with Crippen molar-refractivity contribution in [2.24, 2.45) is 0 Å². The number of amides is 1. The molecule has 1 aromatic carbocycles. The van der Waals surface area contributed by atoms with Crippen LogP contribution in [0.1, 0.15) is 43.5 Å². The number of nitrogens with one attached hydrogen (secondary N) is 1. The molecule has 9 nitrogen and oxygen atoms in total. The van der Waals surface area contributed by atoms with Gasteiger partial charge in [0.2, 0.25) is 0 Å². The molecular formula is C22H32N2O7. The lowest BCUT2D eigenvalue weighted by Gasteiger charge is -2.34. The molecule has 1 fully saturated rings. The molecule has 0 aromatic heterocycles. The molecule has 0 aliphatic carbocycles. The number of carbonyl (C=O) groups is 3. The van der Waals surface area contributed by atoms with Crippen molar-refractivity contribution in [3.63, 3.8) is 0 Å². The van der Waals surface area contributed by atoms with E-state index in [-0.39, 0.29) is 18.1 Å². The molecule has 1 aliphatic heterocycles. The first-order chi connectivity index (χ1) is 14.8. The van der Waals surface area contributed by atoms with Crippen molar-refractivity contribution in [2.75, 3.05) is 34.4 Å². The lowest BCUT2D eigenvalue weighted by molar-refractivity contribution is -0.149. The fourth-order valence-corrected chi connectivity index (χ4v) is 3.43. The summed E-state index contributed by atoms with van der Waals surface area (Å²) in [6.45, 7) is 6.24. The number of ether oxygens (including phenoxy) is 4. The molecule has 1 saturated heterocycles. The lowest BCUT2D eigenvalue weighted by atomic mass is 10.1. The smallest absolute Gasteiger partial charge is 0.328 e. The Labute approximate surface area is 183 Å². The van der Waals surface area contributed by atoms with Gasteiger partial charge in [0.25, 0.3) is 5.91 Å². The van der Waals surface area contributed by atoms with Crippen LogP contribution in [0.15, 0.2) is 18.2 Å². The van der Waals surface area contributed by atoms with E-state index in [1.54, 1.807) is 18.2 Å². The Balaban J connectivity index is 2.12. The molecule has 1 aliphatic rings. The minimum absolute atomic E-state index is 0.0179. The van der Waals surface area contributed by atoms with Gasteiger partial charge in [-0.3, -0.25) is 9.59 Å². The van der Waals surface area contributed by atoms with Gasteiger partial charge in [-0.1, -0.05) is 0 Å². The van der Waals surface area contributed by atoms with Gasteiger partial charge < -0.3 is 29.2 Å². The molecule has 1 atom stereocenters. The molecule has 1 heterocycles. The average Bonchev–Trinajstić information content (AvgIpc) is 2.78. The summed E-state index contributed by atoms with van der Waals surface area (Å²) in [7, 11) is 3.92. The molecule has 2 rings (SSSR count). The Morgan fingerprint density at radius 1 is 1.06 bits per heavy atom. The lowest BCUT2D eigenvalue weighted by Crippen LogP contribution is -2.43. The number of hydrogen-bond donors (Lipinski definition) is 1. The quantitative estimate of drug-likeness (QED) is 0.585. The van der Waals surface area contributed by atoms with E-state index < -0.39 is 23.9 Å². The zero-order chi connectivity index (χ0) is 23.0. The summed E-state index contributed by atoms with van der Waals surface area (Å²) in [4.78, 5) is 38.6. The number of rotatable bonds is 9. The molecule has 0 spiro atoms. The molecule has 9 heteroatoms. The highest BCUT2D eigenvalue weighted by molar-refractivity contribution is 5.98. The minimum Gasteiger partial charge on any atom is -0.493 e. The maximum absolute atomic E-state index is 12.7. The monoisotopic (exact) mass is 436 g/mol. The predicted molar refractivity (Wildman–Crippen MR) is 113 cm³/mol. The Kier molecular flexibility index (Phi) is 9.11. The molecular weight excluding hydrogens is 404 g/mol. The number of benzene rings is 1. The van der Waals surface area contributed by atoms with E-state index in [9.17, 15) is 14.4 Å². The molecule has 0 saturated carbocycles. The number of nitrogens with zero attached hydrogens (tertiary/aromatic N) is 1. The number of carbonyl (C=O) groups excluding carboxylic acids is 3. The highest BCUT2D eigenvalue weighted by Gasteiger charge is 2.27. The maximum Gasteiger partial charge on any atom is 0.328 e. The van der Waals surface area contributed by atoms with Crippen LogP contribution in [0.4, 0.5) is 0 Å². The van der Waals surface area contributed by atoms with Crippen molar-refractivity contribution in [2.45, 2.75) is 51.3 Å². The summed E-state index contributed by atoms with van der Waals surface area (Å²) in [5.74, 6) is -0.938. The van der Waals surface area contributed by atoms with Crippen LogP contribution in [-0.2, 0) is 19.1 Å². The molecule has 172 valence electrons. The first-order valence-electron chi connectivity index (χ1n) is 10.3. The van der Waals surface area contributed by atoms with Crippen LogP contribution >= 0.6 is 0 Å². The molecule has 31 heavy (non-hydrogen) atoms. The van der Waals surface area contributed by atoms with Gasteiger partial charge in [0, 0.05) is 24.7 Å². The third kappa shape index (κ3) is 6.85. The standard InChI is InChI=1S/C22H32N2O7/c1-14(2)24-10-8-16(9-11-24)31-19-12-15(6-7-18(19)28-3)21(26)23-17(22(27)30-5)13-20(25)29-4/h6-7,12,14,16-17H,8-11,13H2,1-5H3,(H,23,26). The number of esters is 2. The van der Waals surface area contributed by atoms with Crippen molar-refractivity contribution in [1.82, 2.24) is 10.2 Å². The normalized spacial score (nSPS) is 15.8. The Morgan fingerprint density at radius 3 is 2.29 bits per heavy atom. The minimum atomic E-state index is -1.16. The average molecular weight is 437 g/mol. The molecule has 0 bridgehead atoms. The second kappa shape index (κ2) is 11.5. The topological polar surface area (TPSA) is 103 Å². The number of likely N-dealkylation sites (tertiary alicyclic amines) is 1. The van der Waals surface area contributed by atoms with E-state index in [2.05, 4.69) is 33.5 Å². The molecule has 0 radical (unpaired) electrons. The van der Waals surface area contributed by atoms with Gasteiger partial charge in [-0.25, -0.2) is 4.79 Å². The first-order valence-corrected chi connectivity index (χ1v) is 10.3. The van der Waals surface area contributed by atoms with Crippen LogP contribution in [0.3, 0.4) is 0 Å². The number of hydrogen-bond acceptors (Lipinski definition) is 8. The van der Waals surface area contributed by atoms with E-state index in [0.717, 1.165) is 25.9 Å².